The van der Waals surface area contributed by atoms with Crippen LogP contribution >= 0.6 is 0 Å². The SMILES string of the molecule is COCC1OC(C(=O)OC)C(COCC2OC(C(=O)OC)C(COCC3OC(C(=O)OC)C(COCC4OC(C(=O)O)C(COCC5OC(C(=O)OC)C(COC)C(O)C5O)C(O)C4O)C(O)C3O)C(O)C2O)C(O)C1O. The van der Waals surface area contributed by atoms with Crippen LogP contribution in [0.5, 0.6) is 0 Å². The first-order chi connectivity index (χ1) is 36.6. The van der Waals surface area contributed by atoms with Crippen LogP contribution in [0, 0.1) is 29.6 Å². The van der Waals surface area contributed by atoms with Crippen LogP contribution in [0.4, 0.5) is 0 Å². The van der Waals surface area contributed by atoms with Gasteiger partial charge in [0.15, 0.2) is 30.5 Å². The first-order valence-corrected chi connectivity index (χ1v) is 24.5. The monoisotopic (exact) mass is 1120 g/mol. The van der Waals surface area contributed by atoms with Crippen LogP contribution in [0.25, 0.3) is 0 Å². The molecule has 5 saturated heterocycles. The number of aliphatic hydroxyl groups excluding tert-OH is 10. The lowest BCUT2D eigenvalue weighted by atomic mass is 9.86. The van der Waals surface area contributed by atoms with Crippen molar-refractivity contribution >= 4 is 29.8 Å². The Labute approximate surface area is 440 Å². The minimum absolute atomic E-state index is 0.163. The van der Waals surface area contributed by atoms with Crippen LogP contribution in [0.3, 0.4) is 0 Å². The van der Waals surface area contributed by atoms with Gasteiger partial charge < -0.3 is 127 Å². The van der Waals surface area contributed by atoms with Crippen molar-refractivity contribution in [2.24, 2.45) is 29.6 Å². The molecular formula is C46H74O31. The third-order valence-corrected chi connectivity index (χ3v) is 14.4. The maximum Gasteiger partial charge on any atom is 0.335 e. The molecule has 5 aliphatic heterocycles. The first kappa shape index (κ1) is 64.3. The normalized spacial score (nSPS) is 41.5. The largest absolute Gasteiger partial charge is 0.479 e. The molecule has 77 heavy (non-hydrogen) atoms. The van der Waals surface area contributed by atoms with E-state index in [0.29, 0.717) is 0 Å². The second-order valence-electron chi connectivity index (χ2n) is 19.2. The zero-order valence-electron chi connectivity index (χ0n) is 43.1. The van der Waals surface area contributed by atoms with E-state index < -0.39 is 234 Å². The molecule has 5 aliphatic rings. The average molecular weight is 1120 g/mol. The Morgan fingerprint density at radius 1 is 0.299 bits per heavy atom. The fourth-order valence-corrected chi connectivity index (χ4v) is 9.99. The van der Waals surface area contributed by atoms with Crippen LogP contribution < -0.4 is 0 Å². The number of carboxylic acids is 1. The van der Waals surface area contributed by atoms with E-state index in [0.717, 1.165) is 28.4 Å². The van der Waals surface area contributed by atoms with Crippen molar-refractivity contribution in [3.8, 4) is 0 Å². The highest BCUT2D eigenvalue weighted by Crippen LogP contribution is 2.34. The maximum atomic E-state index is 13.0. The Morgan fingerprint density at radius 2 is 0.506 bits per heavy atom. The van der Waals surface area contributed by atoms with Crippen molar-refractivity contribution < 1.29 is 151 Å². The molecule has 25 atom stereocenters. The van der Waals surface area contributed by atoms with Crippen molar-refractivity contribution in [1.29, 1.82) is 0 Å². The zero-order chi connectivity index (χ0) is 57.0. The molecular weight excluding hydrogens is 1050 g/mol. The summed E-state index contributed by atoms with van der Waals surface area (Å²) in [6.07, 6.45) is -31.6. The molecule has 25 unspecified atom stereocenters. The summed E-state index contributed by atoms with van der Waals surface area (Å²) in [4.78, 5) is 63.3. The van der Waals surface area contributed by atoms with Crippen molar-refractivity contribution in [3.05, 3.63) is 0 Å². The lowest BCUT2D eigenvalue weighted by molar-refractivity contribution is -0.249. The predicted molar refractivity (Wildman–Crippen MR) is 244 cm³/mol. The molecule has 11 N–H and O–H groups in total. The summed E-state index contributed by atoms with van der Waals surface area (Å²) in [6, 6.07) is 0. The molecule has 0 spiro atoms. The van der Waals surface area contributed by atoms with E-state index in [1.807, 2.05) is 0 Å². The van der Waals surface area contributed by atoms with Crippen molar-refractivity contribution in [2.75, 3.05) is 109 Å². The number of carboxylic acid groups (broad SMARTS) is 1. The summed E-state index contributed by atoms with van der Waals surface area (Å²) in [5.74, 6) is -11.7. The number of carbonyl (C=O) groups excluding carboxylic acids is 4. The van der Waals surface area contributed by atoms with Gasteiger partial charge in [-0.2, -0.15) is 0 Å². The number of hydrogen-bond acceptors (Lipinski definition) is 30. The van der Waals surface area contributed by atoms with Gasteiger partial charge in [0.05, 0.1) is 125 Å². The number of ether oxygens (including phenoxy) is 15. The second kappa shape index (κ2) is 29.8. The number of methoxy groups -OCH3 is 6. The standard InChI is InChI=1S/C46H74O31/c1-63-7-17-27(47)34(54)24(75-38(17)43(59)65-3)14-69-8-18-28(48)33(53)23(73-37(18)42(57)58)13-70-10-20-30(50)35(55)26(76-40(20)45(61)67-5)16-72-11-21-31(51)36(56)25(77-41(21)46(62)68-6)15-71-9-19-29(49)32(52)22(12-64-2)74-39(19)44(60)66-4/h17-41,47-56H,7-16H2,1-6H3,(H,57,58). The number of esters is 4. The quantitative estimate of drug-likeness (QED) is 0.0299. The summed E-state index contributed by atoms with van der Waals surface area (Å²) in [6.45, 7) is -4.89. The number of aliphatic carboxylic acids is 1. The third-order valence-electron chi connectivity index (χ3n) is 14.4. The van der Waals surface area contributed by atoms with Gasteiger partial charge in [-0.05, 0) is 0 Å². The zero-order valence-corrected chi connectivity index (χ0v) is 43.1. The Morgan fingerprint density at radius 3 is 0.727 bits per heavy atom. The Hall–Kier alpha value is -3.49. The highest BCUT2D eigenvalue weighted by atomic mass is 16.6. The fourth-order valence-electron chi connectivity index (χ4n) is 9.99. The molecule has 0 amide bonds. The summed E-state index contributed by atoms with van der Waals surface area (Å²) >= 11 is 0. The Balaban J connectivity index is 1.14. The first-order valence-electron chi connectivity index (χ1n) is 24.5. The summed E-state index contributed by atoms with van der Waals surface area (Å²) in [7, 11) is 6.86. The van der Waals surface area contributed by atoms with Crippen LogP contribution in [0.2, 0.25) is 0 Å². The molecule has 5 heterocycles. The molecule has 444 valence electrons. The highest BCUT2D eigenvalue weighted by molar-refractivity contribution is 5.77. The molecule has 0 aromatic rings. The molecule has 31 nitrogen and oxygen atoms in total. The average Bonchev–Trinajstić information content (AvgIpc) is 3.41. The molecule has 0 aromatic carbocycles. The van der Waals surface area contributed by atoms with Gasteiger partial charge in [-0.1, -0.05) is 0 Å². The van der Waals surface area contributed by atoms with Crippen LogP contribution in [-0.2, 0) is 95.0 Å². The number of aliphatic hydroxyl groups is 10. The number of hydrogen-bond donors (Lipinski definition) is 11. The molecule has 5 fully saturated rings. The number of carbonyl (C=O) groups is 5. The third kappa shape index (κ3) is 15.1. The Kier molecular flexibility index (Phi) is 24.9. The van der Waals surface area contributed by atoms with Gasteiger partial charge in [0.1, 0.15) is 61.0 Å². The Bertz CT molecular complexity index is 1880. The van der Waals surface area contributed by atoms with Gasteiger partial charge in [-0.25, -0.2) is 24.0 Å². The predicted octanol–water partition coefficient (Wildman–Crippen LogP) is -8.35. The lowest BCUT2D eigenvalue weighted by Gasteiger charge is -2.44. The van der Waals surface area contributed by atoms with E-state index >= 15 is 0 Å². The second-order valence-corrected chi connectivity index (χ2v) is 19.2. The minimum Gasteiger partial charge on any atom is -0.479 e. The van der Waals surface area contributed by atoms with Gasteiger partial charge in [-0.15, -0.1) is 0 Å². The lowest BCUT2D eigenvalue weighted by Crippen LogP contribution is -2.61. The van der Waals surface area contributed by atoms with Crippen molar-refractivity contribution in [1.82, 2.24) is 0 Å². The van der Waals surface area contributed by atoms with Gasteiger partial charge in [0.25, 0.3) is 0 Å². The summed E-state index contributed by atoms with van der Waals surface area (Å²) < 4.78 is 80.4. The van der Waals surface area contributed by atoms with Gasteiger partial charge in [0, 0.05) is 43.8 Å². The minimum atomic E-state index is -1.83. The topological polar surface area (TPSA) is 446 Å². The van der Waals surface area contributed by atoms with E-state index in [1.165, 1.54) is 14.2 Å². The fraction of sp³-hybridized carbons (Fsp3) is 0.891. The van der Waals surface area contributed by atoms with Crippen molar-refractivity contribution in [2.45, 2.75) is 122 Å². The molecule has 0 bridgehead atoms. The van der Waals surface area contributed by atoms with Crippen LogP contribution in [0.1, 0.15) is 0 Å². The van der Waals surface area contributed by atoms with E-state index in [2.05, 4.69) is 0 Å². The van der Waals surface area contributed by atoms with Crippen LogP contribution in [-0.4, -0.2) is 317 Å². The van der Waals surface area contributed by atoms with Gasteiger partial charge in [-0.3, -0.25) is 0 Å². The number of rotatable bonds is 25. The van der Waals surface area contributed by atoms with Gasteiger partial charge in [0.2, 0.25) is 0 Å². The van der Waals surface area contributed by atoms with E-state index in [1.54, 1.807) is 0 Å². The van der Waals surface area contributed by atoms with E-state index in [9.17, 15) is 80.1 Å². The summed E-state index contributed by atoms with van der Waals surface area (Å²) in [5, 5.41) is 120. The smallest absolute Gasteiger partial charge is 0.335 e. The van der Waals surface area contributed by atoms with E-state index in [4.69, 9.17) is 71.1 Å². The molecule has 5 rings (SSSR count). The van der Waals surface area contributed by atoms with Gasteiger partial charge >= 0.3 is 29.8 Å². The van der Waals surface area contributed by atoms with Crippen LogP contribution in [0.15, 0.2) is 0 Å². The van der Waals surface area contributed by atoms with Crippen molar-refractivity contribution in [3.63, 3.8) is 0 Å². The molecule has 0 radical (unpaired) electrons. The molecule has 0 aliphatic carbocycles. The highest BCUT2D eigenvalue weighted by Gasteiger charge is 2.54. The van der Waals surface area contributed by atoms with E-state index in [-0.39, 0.29) is 13.2 Å². The summed E-state index contributed by atoms with van der Waals surface area (Å²) in [5.41, 5.74) is 0. The molecule has 0 aromatic heterocycles. The maximum absolute atomic E-state index is 13.0. The molecule has 31 heteroatoms. The molecule has 0 saturated carbocycles.